The zero-order valence-electron chi connectivity index (χ0n) is 11.7. The summed E-state index contributed by atoms with van der Waals surface area (Å²) in [7, 11) is 0. The molecule has 1 aromatic rings. The molecule has 20 heavy (non-hydrogen) atoms. The summed E-state index contributed by atoms with van der Waals surface area (Å²) >= 11 is 5.42. The Morgan fingerprint density at radius 1 is 1.25 bits per heavy atom. The summed E-state index contributed by atoms with van der Waals surface area (Å²) in [4.78, 5) is 23.7. The molecule has 0 unspecified atom stereocenters. The Morgan fingerprint density at radius 2 is 2.00 bits per heavy atom. The van der Waals surface area contributed by atoms with Gasteiger partial charge in [-0.25, -0.2) is 0 Å². The first kappa shape index (κ1) is 13.9. The summed E-state index contributed by atoms with van der Waals surface area (Å²) in [5.74, 6) is 0. The molecule has 2 aliphatic rings. The normalized spacial score (nSPS) is 18.4. The second-order valence-corrected chi connectivity index (χ2v) is 6.39. The lowest BCUT2D eigenvalue weighted by atomic mass is 10.1. The zero-order chi connectivity index (χ0) is 14.1. The first-order valence-corrected chi connectivity index (χ1v) is 7.99. The number of hydrogen-bond acceptors (Lipinski definition) is 2. The van der Waals surface area contributed by atoms with Crippen molar-refractivity contribution >= 4 is 16.8 Å². The number of rotatable bonds is 4. The average molecular weight is 294 g/mol. The van der Waals surface area contributed by atoms with Crippen LogP contribution in [0.4, 0.5) is 0 Å². The highest BCUT2D eigenvalue weighted by Gasteiger charge is 2.25. The topological polar surface area (TPSA) is 39.1 Å². The lowest BCUT2D eigenvalue weighted by Crippen LogP contribution is -2.29. The summed E-state index contributed by atoms with van der Waals surface area (Å²) in [5, 5.41) is -0.364. The third-order valence-corrected chi connectivity index (χ3v) is 4.83. The molecule has 1 aromatic heterocycles. The van der Waals surface area contributed by atoms with Gasteiger partial charge in [0.1, 0.15) is 0 Å². The number of aromatic nitrogens is 1. The molecule has 4 heteroatoms. The van der Waals surface area contributed by atoms with Gasteiger partial charge in [0.05, 0.1) is 0 Å². The van der Waals surface area contributed by atoms with Crippen LogP contribution in [0.1, 0.15) is 61.4 Å². The van der Waals surface area contributed by atoms with E-state index in [-0.39, 0.29) is 17.2 Å². The first-order valence-electron chi connectivity index (χ1n) is 7.61. The third kappa shape index (κ3) is 2.56. The van der Waals surface area contributed by atoms with E-state index in [4.69, 9.17) is 11.6 Å². The summed E-state index contributed by atoms with van der Waals surface area (Å²) in [6.45, 7) is 0. The fourth-order valence-corrected chi connectivity index (χ4v) is 3.79. The van der Waals surface area contributed by atoms with Gasteiger partial charge in [-0.3, -0.25) is 9.59 Å². The lowest BCUT2D eigenvalue weighted by molar-refractivity contribution is -0.111. The fraction of sp³-hybridized carbons (Fsp3) is 0.625. The van der Waals surface area contributed by atoms with Crippen molar-refractivity contribution in [3.63, 3.8) is 0 Å². The number of pyridine rings is 1. The van der Waals surface area contributed by atoms with Gasteiger partial charge in [-0.2, -0.15) is 0 Å². The number of carbonyl (C=O) groups excluding carboxylic acids is 1. The van der Waals surface area contributed by atoms with E-state index in [2.05, 4.69) is 4.57 Å². The van der Waals surface area contributed by atoms with Crippen molar-refractivity contribution in [2.24, 2.45) is 0 Å². The smallest absolute Gasteiger partial charge is 0.254 e. The summed E-state index contributed by atoms with van der Waals surface area (Å²) < 4.78 is 2.06. The van der Waals surface area contributed by atoms with E-state index >= 15 is 0 Å². The Kier molecular flexibility index (Phi) is 3.97. The highest BCUT2D eigenvalue weighted by Crippen LogP contribution is 2.32. The van der Waals surface area contributed by atoms with Gasteiger partial charge < -0.3 is 4.57 Å². The van der Waals surface area contributed by atoms with E-state index in [1.165, 1.54) is 24.1 Å². The number of halogens is 1. The van der Waals surface area contributed by atoms with Crippen molar-refractivity contribution in [3.8, 4) is 0 Å². The van der Waals surface area contributed by atoms with Crippen molar-refractivity contribution in [1.29, 1.82) is 0 Å². The molecule has 0 spiro atoms. The van der Waals surface area contributed by atoms with Gasteiger partial charge in [-0.15, -0.1) is 0 Å². The Bertz CT molecular complexity index is 585. The van der Waals surface area contributed by atoms with Crippen LogP contribution >= 0.6 is 11.6 Å². The molecule has 0 amide bonds. The van der Waals surface area contributed by atoms with E-state index in [0.717, 1.165) is 37.7 Å². The molecule has 108 valence electrons. The minimum absolute atomic E-state index is 0.121. The second-order valence-electron chi connectivity index (χ2n) is 5.96. The van der Waals surface area contributed by atoms with Gasteiger partial charge in [-0.1, -0.05) is 12.8 Å². The summed E-state index contributed by atoms with van der Waals surface area (Å²) in [6.07, 6.45) is 8.61. The van der Waals surface area contributed by atoms with Crippen LogP contribution in [-0.4, -0.2) is 9.81 Å². The molecule has 3 rings (SSSR count). The Hall–Kier alpha value is -1.09. The molecule has 3 nitrogen and oxygen atoms in total. The summed E-state index contributed by atoms with van der Waals surface area (Å²) in [6, 6.07) is 2.40. The number of hydrogen-bond donors (Lipinski definition) is 0. The van der Waals surface area contributed by atoms with Gasteiger partial charge >= 0.3 is 0 Å². The molecule has 2 aliphatic carbocycles. The van der Waals surface area contributed by atoms with E-state index in [9.17, 15) is 9.59 Å². The SMILES string of the molecule is O=C(Cl)CCc1cc2c(n(C3CCCC3)c1=O)CCC2. The number of nitrogens with zero attached hydrogens (tertiary/aromatic N) is 1. The van der Waals surface area contributed by atoms with Gasteiger partial charge in [0.15, 0.2) is 0 Å². The van der Waals surface area contributed by atoms with Crippen LogP contribution < -0.4 is 5.56 Å². The van der Waals surface area contributed by atoms with Crippen molar-refractivity contribution in [1.82, 2.24) is 4.57 Å². The molecular formula is C16H20ClNO2. The standard InChI is InChI=1S/C16H20ClNO2/c17-15(19)9-8-12-10-11-4-3-7-14(11)18(16(12)20)13-5-1-2-6-13/h10,13H,1-9H2. The second kappa shape index (κ2) is 5.72. The minimum atomic E-state index is -0.364. The van der Waals surface area contributed by atoms with Crippen LogP contribution in [0.3, 0.4) is 0 Å². The molecule has 0 saturated heterocycles. The average Bonchev–Trinajstić information content (AvgIpc) is 3.06. The van der Waals surface area contributed by atoms with E-state index in [1.807, 2.05) is 6.07 Å². The first-order chi connectivity index (χ1) is 9.66. The Morgan fingerprint density at radius 3 is 2.70 bits per heavy atom. The number of aryl methyl sites for hydroxylation is 2. The van der Waals surface area contributed by atoms with Crippen LogP contribution in [0.15, 0.2) is 10.9 Å². The van der Waals surface area contributed by atoms with E-state index in [0.29, 0.717) is 12.5 Å². The van der Waals surface area contributed by atoms with Crippen molar-refractivity contribution in [2.75, 3.05) is 0 Å². The largest absolute Gasteiger partial charge is 0.309 e. The quantitative estimate of drug-likeness (QED) is 0.800. The Labute approximate surface area is 123 Å². The molecular weight excluding hydrogens is 274 g/mol. The van der Waals surface area contributed by atoms with Crippen molar-refractivity contribution in [2.45, 2.75) is 63.8 Å². The zero-order valence-corrected chi connectivity index (χ0v) is 12.4. The maximum absolute atomic E-state index is 12.7. The highest BCUT2D eigenvalue weighted by molar-refractivity contribution is 6.63. The van der Waals surface area contributed by atoms with Gasteiger partial charge in [0.2, 0.25) is 5.24 Å². The maximum atomic E-state index is 12.7. The van der Waals surface area contributed by atoms with E-state index < -0.39 is 0 Å². The molecule has 0 atom stereocenters. The molecule has 0 aliphatic heterocycles. The minimum Gasteiger partial charge on any atom is -0.309 e. The van der Waals surface area contributed by atoms with Crippen molar-refractivity contribution in [3.05, 3.63) is 33.2 Å². The maximum Gasteiger partial charge on any atom is 0.254 e. The fourth-order valence-electron chi connectivity index (χ4n) is 3.69. The third-order valence-electron chi connectivity index (χ3n) is 4.64. The van der Waals surface area contributed by atoms with E-state index in [1.54, 1.807) is 0 Å². The predicted molar refractivity (Wildman–Crippen MR) is 79.4 cm³/mol. The van der Waals surface area contributed by atoms with Crippen LogP contribution in [0.5, 0.6) is 0 Å². The van der Waals surface area contributed by atoms with Crippen LogP contribution in [0.2, 0.25) is 0 Å². The van der Waals surface area contributed by atoms with Gasteiger partial charge in [0, 0.05) is 23.7 Å². The summed E-state index contributed by atoms with van der Waals surface area (Å²) in [5.41, 5.74) is 3.46. The Balaban J connectivity index is 2.02. The van der Waals surface area contributed by atoms with Crippen molar-refractivity contribution < 1.29 is 4.79 Å². The number of carbonyl (C=O) groups is 1. The molecule has 1 fully saturated rings. The molecule has 1 saturated carbocycles. The molecule has 1 heterocycles. The van der Waals surface area contributed by atoms with Crippen LogP contribution in [0.25, 0.3) is 0 Å². The molecule has 0 radical (unpaired) electrons. The van der Waals surface area contributed by atoms with Gasteiger partial charge in [-0.05, 0) is 61.8 Å². The van der Waals surface area contributed by atoms with Crippen LogP contribution in [-0.2, 0) is 24.1 Å². The lowest BCUT2D eigenvalue weighted by Gasteiger charge is -2.20. The molecule has 0 N–H and O–H groups in total. The molecule has 0 bridgehead atoms. The number of fused-ring (bicyclic) bond motifs is 1. The monoisotopic (exact) mass is 293 g/mol. The highest BCUT2D eigenvalue weighted by atomic mass is 35.5. The predicted octanol–water partition coefficient (Wildman–Crippen LogP) is 3.15. The molecule has 0 aromatic carbocycles. The van der Waals surface area contributed by atoms with Crippen LogP contribution in [0, 0.1) is 0 Å². The van der Waals surface area contributed by atoms with Gasteiger partial charge in [0.25, 0.3) is 5.56 Å².